The van der Waals surface area contributed by atoms with Crippen LogP contribution in [0, 0.1) is 0 Å². The van der Waals surface area contributed by atoms with Crippen LogP contribution in [-0.4, -0.2) is 26.5 Å². The predicted molar refractivity (Wildman–Crippen MR) is 143 cm³/mol. The number of rotatable bonds is 7. The first-order valence-corrected chi connectivity index (χ1v) is 11.7. The molecule has 1 amide bonds. The van der Waals surface area contributed by atoms with Crippen LogP contribution >= 0.6 is 0 Å². The molecule has 7 heteroatoms. The second-order valence-electron chi connectivity index (χ2n) is 8.65. The van der Waals surface area contributed by atoms with Crippen molar-refractivity contribution in [2.45, 2.75) is 12.5 Å². The molecule has 0 aliphatic heterocycles. The van der Waals surface area contributed by atoms with E-state index in [2.05, 4.69) is 10.3 Å². The monoisotopic (exact) mass is 489 g/mol. The van der Waals surface area contributed by atoms with Crippen LogP contribution in [-0.2, 0) is 11.2 Å². The molecule has 0 saturated heterocycles. The first kappa shape index (κ1) is 23.7. The van der Waals surface area contributed by atoms with Crippen LogP contribution in [0.1, 0.15) is 22.0 Å². The fourth-order valence-corrected chi connectivity index (χ4v) is 4.34. The molecule has 0 radical (unpaired) electrons. The minimum Gasteiger partial charge on any atom is -0.478 e. The summed E-state index contributed by atoms with van der Waals surface area (Å²) in [6.07, 6.45) is 5.45. The highest BCUT2D eigenvalue weighted by Crippen LogP contribution is 2.27. The third-order valence-electron chi connectivity index (χ3n) is 6.24. The van der Waals surface area contributed by atoms with Crippen molar-refractivity contribution < 1.29 is 14.7 Å². The lowest BCUT2D eigenvalue weighted by atomic mass is 10.0. The molecule has 5 rings (SSSR count). The van der Waals surface area contributed by atoms with Gasteiger partial charge in [0.2, 0.25) is 5.91 Å². The van der Waals surface area contributed by atoms with Crippen LogP contribution in [0.5, 0.6) is 0 Å². The summed E-state index contributed by atoms with van der Waals surface area (Å²) in [6.45, 7) is 0. The zero-order chi connectivity index (χ0) is 25.8. The number of fused-ring (bicyclic) bond motifs is 1. The molecule has 0 spiro atoms. The van der Waals surface area contributed by atoms with Crippen molar-refractivity contribution in [2.75, 3.05) is 5.32 Å². The number of amides is 1. The molecule has 5 aromatic rings. The summed E-state index contributed by atoms with van der Waals surface area (Å²) >= 11 is 0. The molecule has 0 fully saturated rings. The van der Waals surface area contributed by atoms with Crippen LogP contribution in [0.15, 0.2) is 114 Å². The predicted octanol–water partition coefficient (Wildman–Crippen LogP) is 5.18. The van der Waals surface area contributed by atoms with E-state index in [1.54, 1.807) is 18.6 Å². The Labute approximate surface area is 212 Å². The fraction of sp³-hybridized carbons (Fsp3) is 0.0667. The van der Waals surface area contributed by atoms with Gasteiger partial charge in [0.1, 0.15) is 6.04 Å². The van der Waals surface area contributed by atoms with Gasteiger partial charge in [0.05, 0.1) is 5.56 Å². The number of aromatic nitrogens is 2. The first-order chi connectivity index (χ1) is 18.0. The summed E-state index contributed by atoms with van der Waals surface area (Å²) in [5, 5.41) is 13.9. The van der Waals surface area contributed by atoms with Gasteiger partial charge in [-0.3, -0.25) is 14.6 Å². The number of nitrogens with one attached hydrogen (secondary N) is 1. The van der Waals surface area contributed by atoms with Gasteiger partial charge in [-0.15, -0.1) is 0 Å². The molecule has 0 saturated carbocycles. The van der Waals surface area contributed by atoms with Crippen molar-refractivity contribution in [3.63, 3.8) is 0 Å². The Balaban J connectivity index is 1.50. The van der Waals surface area contributed by atoms with E-state index in [1.165, 1.54) is 34.9 Å². The number of carbonyl (C=O) groups is 2. The average molecular weight is 490 g/mol. The molecule has 0 aliphatic carbocycles. The minimum atomic E-state index is -1.05. The van der Waals surface area contributed by atoms with E-state index < -0.39 is 12.0 Å². The lowest BCUT2D eigenvalue weighted by molar-refractivity contribution is -0.119. The molecular formula is C30H23N3O4. The lowest BCUT2D eigenvalue weighted by Gasteiger charge is -2.20. The second kappa shape index (κ2) is 10.3. The van der Waals surface area contributed by atoms with E-state index in [-0.39, 0.29) is 17.0 Å². The van der Waals surface area contributed by atoms with Crippen molar-refractivity contribution in [3.05, 3.63) is 131 Å². The van der Waals surface area contributed by atoms with E-state index in [4.69, 9.17) is 5.11 Å². The minimum absolute atomic E-state index is 0.119. The molecular weight excluding hydrogens is 466 g/mol. The molecule has 182 valence electrons. The topological polar surface area (TPSA) is 101 Å². The maximum absolute atomic E-state index is 13.4. The van der Waals surface area contributed by atoms with Gasteiger partial charge in [-0.2, -0.15) is 0 Å². The Morgan fingerprint density at radius 2 is 1.62 bits per heavy atom. The molecule has 7 nitrogen and oxygen atoms in total. The van der Waals surface area contributed by atoms with Crippen LogP contribution in [0.25, 0.3) is 21.9 Å². The Morgan fingerprint density at radius 1 is 0.892 bits per heavy atom. The fourth-order valence-electron chi connectivity index (χ4n) is 4.34. The summed E-state index contributed by atoms with van der Waals surface area (Å²) in [5.74, 6) is -1.43. The third kappa shape index (κ3) is 5.16. The number of pyridine rings is 2. The van der Waals surface area contributed by atoms with Crippen molar-refractivity contribution >= 4 is 28.3 Å². The van der Waals surface area contributed by atoms with Crippen LogP contribution in [0.2, 0.25) is 0 Å². The molecule has 0 bridgehead atoms. The van der Waals surface area contributed by atoms with E-state index in [0.29, 0.717) is 17.7 Å². The van der Waals surface area contributed by atoms with Gasteiger partial charge < -0.3 is 15.0 Å². The quantitative estimate of drug-likeness (QED) is 0.328. The molecule has 1 unspecified atom stereocenters. The number of aromatic carboxylic acids is 1. The summed E-state index contributed by atoms with van der Waals surface area (Å²) in [7, 11) is 0. The highest BCUT2D eigenvalue weighted by atomic mass is 16.4. The number of anilines is 1. The largest absolute Gasteiger partial charge is 0.478 e. The maximum atomic E-state index is 13.4. The maximum Gasteiger partial charge on any atom is 0.335 e. The molecule has 2 N–H and O–H groups in total. The van der Waals surface area contributed by atoms with Gasteiger partial charge in [0.25, 0.3) is 5.56 Å². The van der Waals surface area contributed by atoms with Gasteiger partial charge >= 0.3 is 5.97 Å². The van der Waals surface area contributed by atoms with Gasteiger partial charge in [0.15, 0.2) is 0 Å². The highest BCUT2D eigenvalue weighted by Gasteiger charge is 2.23. The van der Waals surface area contributed by atoms with Crippen molar-refractivity contribution in [1.29, 1.82) is 0 Å². The standard InChI is InChI=1S/C30H23N3O4/c34-28-17-22(26-19-31-18-23-8-4-5-9-25(23)26)14-15-33(28)27(16-20-6-2-1-3-7-20)29(35)32-24-12-10-21(11-13-24)30(36)37/h1-15,17-19,27H,16H2,(H,32,35)(H,36,37). The molecule has 2 aromatic heterocycles. The van der Waals surface area contributed by atoms with E-state index in [1.807, 2.05) is 60.7 Å². The van der Waals surface area contributed by atoms with Crippen LogP contribution in [0.3, 0.4) is 0 Å². The third-order valence-corrected chi connectivity index (χ3v) is 6.24. The number of carbonyl (C=O) groups excluding carboxylic acids is 1. The zero-order valence-electron chi connectivity index (χ0n) is 19.7. The second-order valence-corrected chi connectivity index (χ2v) is 8.65. The number of carboxylic acid groups (broad SMARTS) is 1. The average Bonchev–Trinajstić information content (AvgIpc) is 2.92. The lowest BCUT2D eigenvalue weighted by Crippen LogP contribution is -2.34. The first-order valence-electron chi connectivity index (χ1n) is 11.7. The summed E-state index contributed by atoms with van der Waals surface area (Å²) in [4.78, 5) is 42.2. The normalized spacial score (nSPS) is 11.7. The number of nitrogens with zero attached hydrogens (tertiary/aromatic N) is 2. The SMILES string of the molecule is O=C(O)c1ccc(NC(=O)C(Cc2ccccc2)n2ccc(-c3cncc4ccccc34)cc2=O)cc1. The number of carboxylic acids is 1. The molecule has 0 aliphatic rings. The Bertz CT molecular complexity index is 1640. The van der Waals surface area contributed by atoms with E-state index >= 15 is 0 Å². The Morgan fingerprint density at radius 3 is 2.35 bits per heavy atom. The van der Waals surface area contributed by atoms with Crippen molar-refractivity contribution in [2.24, 2.45) is 0 Å². The van der Waals surface area contributed by atoms with Crippen LogP contribution in [0.4, 0.5) is 5.69 Å². The van der Waals surface area contributed by atoms with E-state index in [0.717, 1.165) is 21.9 Å². The number of hydrogen-bond donors (Lipinski definition) is 2. The molecule has 37 heavy (non-hydrogen) atoms. The number of benzene rings is 3. The summed E-state index contributed by atoms with van der Waals surface area (Å²) < 4.78 is 1.43. The zero-order valence-corrected chi connectivity index (χ0v) is 19.7. The number of hydrogen-bond acceptors (Lipinski definition) is 4. The summed E-state index contributed by atoms with van der Waals surface area (Å²) in [5.41, 5.74) is 2.70. The van der Waals surface area contributed by atoms with E-state index in [9.17, 15) is 14.4 Å². The van der Waals surface area contributed by atoms with Crippen molar-refractivity contribution in [3.8, 4) is 11.1 Å². The van der Waals surface area contributed by atoms with Gasteiger partial charge in [-0.05, 0) is 46.8 Å². The Kier molecular flexibility index (Phi) is 6.59. The summed E-state index contributed by atoms with van der Waals surface area (Å²) in [6, 6.07) is 25.7. The highest BCUT2D eigenvalue weighted by molar-refractivity contribution is 5.96. The van der Waals surface area contributed by atoms with Gasteiger partial charge in [0, 0.05) is 47.7 Å². The molecule has 1 atom stereocenters. The van der Waals surface area contributed by atoms with Gasteiger partial charge in [-0.25, -0.2) is 4.79 Å². The Hall–Kier alpha value is -5.04. The molecule has 3 aromatic carbocycles. The molecule has 2 heterocycles. The smallest absolute Gasteiger partial charge is 0.335 e. The van der Waals surface area contributed by atoms with Crippen LogP contribution < -0.4 is 10.9 Å². The van der Waals surface area contributed by atoms with Crippen molar-refractivity contribution in [1.82, 2.24) is 9.55 Å². The van der Waals surface area contributed by atoms with Gasteiger partial charge in [-0.1, -0.05) is 54.6 Å².